The summed E-state index contributed by atoms with van der Waals surface area (Å²) in [5.41, 5.74) is 7.55. The lowest BCUT2D eigenvalue weighted by atomic mass is 9.74. The van der Waals surface area contributed by atoms with E-state index in [2.05, 4.69) is 13.0 Å². The number of halogens is 2. The van der Waals surface area contributed by atoms with Gasteiger partial charge in [-0.2, -0.15) is 0 Å². The molecule has 0 aromatic heterocycles. The summed E-state index contributed by atoms with van der Waals surface area (Å²) in [6, 6.07) is 6.28. The predicted octanol–water partition coefficient (Wildman–Crippen LogP) is 5.08. The number of benzene rings is 1. The second kappa shape index (κ2) is 6.97. The molecule has 3 atom stereocenters. The molecule has 0 amide bonds. The molecule has 3 heteroatoms. The van der Waals surface area contributed by atoms with Gasteiger partial charge in [-0.1, -0.05) is 49.0 Å². The highest BCUT2D eigenvalue weighted by molar-refractivity contribution is 6.42. The second-order valence-electron chi connectivity index (χ2n) is 5.84. The summed E-state index contributed by atoms with van der Waals surface area (Å²) in [7, 11) is 0. The van der Waals surface area contributed by atoms with Gasteiger partial charge >= 0.3 is 0 Å². The second-order valence-corrected chi connectivity index (χ2v) is 6.66. The van der Waals surface area contributed by atoms with E-state index < -0.39 is 0 Å². The maximum absolute atomic E-state index is 6.29. The minimum absolute atomic E-state index is 0.336. The molecule has 1 aromatic rings. The molecule has 2 N–H and O–H groups in total. The van der Waals surface area contributed by atoms with Crippen molar-refractivity contribution in [1.29, 1.82) is 0 Å². The van der Waals surface area contributed by atoms with Crippen molar-refractivity contribution >= 4 is 23.2 Å². The lowest BCUT2D eigenvalue weighted by Gasteiger charge is -2.34. The van der Waals surface area contributed by atoms with Crippen molar-refractivity contribution in [3.8, 4) is 0 Å². The van der Waals surface area contributed by atoms with Crippen LogP contribution in [0.1, 0.15) is 44.6 Å². The Morgan fingerprint density at radius 1 is 1.21 bits per heavy atom. The minimum atomic E-state index is 0.336. The van der Waals surface area contributed by atoms with E-state index in [1.807, 2.05) is 12.1 Å². The molecule has 0 radical (unpaired) electrons. The standard InChI is InChI=1S/C16H23Cl2N/c1-2-3-11-5-7-16(19)13(8-11)9-12-4-6-14(17)15(18)10-12/h4,6,10-11,13,16H,2-3,5,7-9,19H2,1H3. The Morgan fingerprint density at radius 2 is 2.00 bits per heavy atom. The molecular formula is C16H23Cl2N. The van der Waals surface area contributed by atoms with Gasteiger partial charge in [-0.05, 0) is 55.2 Å². The Morgan fingerprint density at radius 3 is 2.68 bits per heavy atom. The molecule has 1 saturated carbocycles. The van der Waals surface area contributed by atoms with Crippen LogP contribution in [0.15, 0.2) is 18.2 Å². The Hall–Kier alpha value is -0.240. The first-order chi connectivity index (χ1) is 9.10. The topological polar surface area (TPSA) is 26.0 Å². The smallest absolute Gasteiger partial charge is 0.0595 e. The van der Waals surface area contributed by atoms with Crippen LogP contribution in [0.25, 0.3) is 0 Å². The molecular weight excluding hydrogens is 277 g/mol. The quantitative estimate of drug-likeness (QED) is 0.824. The van der Waals surface area contributed by atoms with E-state index >= 15 is 0 Å². The summed E-state index contributed by atoms with van der Waals surface area (Å²) in [5.74, 6) is 1.44. The Balaban J connectivity index is 2.01. The van der Waals surface area contributed by atoms with Crippen molar-refractivity contribution in [2.75, 3.05) is 0 Å². The van der Waals surface area contributed by atoms with Gasteiger partial charge in [0, 0.05) is 6.04 Å². The summed E-state index contributed by atoms with van der Waals surface area (Å²) in [5, 5.41) is 1.27. The van der Waals surface area contributed by atoms with Crippen LogP contribution in [-0.4, -0.2) is 6.04 Å². The summed E-state index contributed by atoms with van der Waals surface area (Å²) in [6.07, 6.45) is 7.36. The average Bonchev–Trinajstić information content (AvgIpc) is 2.38. The molecule has 1 aliphatic carbocycles. The van der Waals surface area contributed by atoms with Crippen molar-refractivity contribution < 1.29 is 0 Å². The minimum Gasteiger partial charge on any atom is -0.327 e. The fraction of sp³-hybridized carbons (Fsp3) is 0.625. The number of nitrogens with two attached hydrogens (primary N) is 1. The largest absolute Gasteiger partial charge is 0.327 e. The first-order valence-corrected chi connectivity index (χ1v) is 8.05. The third-order valence-corrected chi connectivity index (χ3v) is 5.07. The zero-order chi connectivity index (χ0) is 13.8. The SMILES string of the molecule is CCCC1CCC(N)C(Cc2ccc(Cl)c(Cl)c2)C1. The van der Waals surface area contributed by atoms with Crippen LogP contribution in [0.3, 0.4) is 0 Å². The Labute approximate surface area is 126 Å². The van der Waals surface area contributed by atoms with Crippen molar-refractivity contribution in [3.05, 3.63) is 33.8 Å². The highest BCUT2D eigenvalue weighted by Gasteiger charge is 2.27. The summed E-state index contributed by atoms with van der Waals surface area (Å²) < 4.78 is 0. The average molecular weight is 300 g/mol. The fourth-order valence-electron chi connectivity index (χ4n) is 3.26. The lowest BCUT2D eigenvalue weighted by molar-refractivity contribution is 0.221. The van der Waals surface area contributed by atoms with E-state index in [9.17, 15) is 0 Å². The van der Waals surface area contributed by atoms with Crippen LogP contribution in [0.4, 0.5) is 0 Å². The van der Waals surface area contributed by atoms with E-state index in [1.54, 1.807) is 0 Å². The number of hydrogen-bond acceptors (Lipinski definition) is 1. The van der Waals surface area contributed by atoms with Crippen LogP contribution >= 0.6 is 23.2 Å². The maximum atomic E-state index is 6.29. The number of rotatable bonds is 4. The highest BCUT2D eigenvalue weighted by atomic mass is 35.5. The summed E-state index contributed by atoms with van der Waals surface area (Å²) in [4.78, 5) is 0. The van der Waals surface area contributed by atoms with Gasteiger partial charge in [0.1, 0.15) is 0 Å². The van der Waals surface area contributed by atoms with E-state index in [1.165, 1.54) is 31.2 Å². The monoisotopic (exact) mass is 299 g/mol. The van der Waals surface area contributed by atoms with E-state index in [4.69, 9.17) is 28.9 Å². The van der Waals surface area contributed by atoms with Crippen molar-refractivity contribution in [3.63, 3.8) is 0 Å². The van der Waals surface area contributed by atoms with E-state index in [-0.39, 0.29) is 0 Å². The molecule has 0 heterocycles. The zero-order valence-corrected chi connectivity index (χ0v) is 13.1. The molecule has 0 bridgehead atoms. The van der Waals surface area contributed by atoms with Gasteiger partial charge in [0.2, 0.25) is 0 Å². The third kappa shape index (κ3) is 4.11. The Kier molecular flexibility index (Phi) is 5.56. The van der Waals surface area contributed by atoms with E-state index in [0.717, 1.165) is 18.8 Å². The fourth-order valence-corrected chi connectivity index (χ4v) is 3.58. The third-order valence-electron chi connectivity index (χ3n) is 4.33. The molecule has 19 heavy (non-hydrogen) atoms. The van der Waals surface area contributed by atoms with Crippen molar-refractivity contribution in [2.45, 2.75) is 51.5 Å². The van der Waals surface area contributed by atoms with Crippen LogP contribution in [0, 0.1) is 11.8 Å². The molecule has 2 rings (SSSR count). The molecule has 0 saturated heterocycles. The van der Waals surface area contributed by atoms with Crippen LogP contribution < -0.4 is 5.73 Å². The molecule has 1 aliphatic rings. The van der Waals surface area contributed by atoms with Crippen LogP contribution in [0.5, 0.6) is 0 Å². The van der Waals surface area contributed by atoms with Crippen molar-refractivity contribution in [2.24, 2.45) is 17.6 Å². The van der Waals surface area contributed by atoms with Gasteiger partial charge in [-0.15, -0.1) is 0 Å². The van der Waals surface area contributed by atoms with Gasteiger partial charge < -0.3 is 5.73 Å². The molecule has 3 unspecified atom stereocenters. The normalized spacial score (nSPS) is 27.5. The van der Waals surface area contributed by atoms with Gasteiger partial charge in [-0.3, -0.25) is 0 Å². The van der Waals surface area contributed by atoms with Crippen molar-refractivity contribution in [1.82, 2.24) is 0 Å². The summed E-state index contributed by atoms with van der Waals surface area (Å²) >= 11 is 12.0. The zero-order valence-electron chi connectivity index (χ0n) is 11.5. The first kappa shape index (κ1) is 15.2. The molecule has 106 valence electrons. The molecule has 0 spiro atoms. The van der Waals surface area contributed by atoms with Gasteiger partial charge in [-0.25, -0.2) is 0 Å². The predicted molar refractivity (Wildman–Crippen MR) is 83.9 cm³/mol. The maximum Gasteiger partial charge on any atom is 0.0595 e. The highest BCUT2D eigenvalue weighted by Crippen LogP contribution is 2.34. The molecule has 1 aromatic carbocycles. The van der Waals surface area contributed by atoms with Crippen LogP contribution in [0.2, 0.25) is 10.0 Å². The number of hydrogen-bond donors (Lipinski definition) is 1. The van der Waals surface area contributed by atoms with Gasteiger partial charge in [0.25, 0.3) is 0 Å². The van der Waals surface area contributed by atoms with Gasteiger partial charge in [0.05, 0.1) is 10.0 Å². The molecule has 1 nitrogen and oxygen atoms in total. The molecule has 1 fully saturated rings. The van der Waals surface area contributed by atoms with E-state index in [0.29, 0.717) is 22.0 Å². The van der Waals surface area contributed by atoms with Gasteiger partial charge in [0.15, 0.2) is 0 Å². The Bertz CT molecular complexity index is 419. The lowest BCUT2D eigenvalue weighted by Crippen LogP contribution is -2.37. The summed E-state index contributed by atoms with van der Waals surface area (Å²) in [6.45, 7) is 2.27. The molecule has 0 aliphatic heterocycles. The van der Waals surface area contributed by atoms with Crippen LogP contribution in [-0.2, 0) is 6.42 Å². The first-order valence-electron chi connectivity index (χ1n) is 7.29.